The van der Waals surface area contributed by atoms with Crippen molar-refractivity contribution in [2.45, 2.75) is 12.5 Å². The molecule has 0 heterocycles. The Balaban J connectivity index is 3.27. The highest BCUT2D eigenvalue weighted by Gasteiger charge is 2.39. The Hall–Kier alpha value is -1.53. The largest absolute Gasteiger partial charge is 0.480 e. The molecular weight excluding hydrogens is 230 g/mol. The van der Waals surface area contributed by atoms with E-state index in [9.17, 15) is 13.6 Å². The SMILES string of the molecule is CC(NCCN)(C(=O)O)c1c(F)cccc1F. The van der Waals surface area contributed by atoms with Crippen molar-refractivity contribution in [2.75, 3.05) is 13.1 Å². The molecule has 1 unspecified atom stereocenters. The Bertz CT molecular complexity index is 406. The lowest BCUT2D eigenvalue weighted by Gasteiger charge is -2.27. The third-order valence-electron chi connectivity index (χ3n) is 2.51. The van der Waals surface area contributed by atoms with E-state index in [1.807, 2.05) is 0 Å². The van der Waals surface area contributed by atoms with E-state index in [4.69, 9.17) is 10.8 Å². The number of aliphatic carboxylic acids is 1. The topological polar surface area (TPSA) is 75.3 Å². The highest BCUT2D eigenvalue weighted by atomic mass is 19.1. The van der Waals surface area contributed by atoms with E-state index >= 15 is 0 Å². The third-order valence-corrected chi connectivity index (χ3v) is 2.51. The highest BCUT2D eigenvalue weighted by Crippen LogP contribution is 2.26. The quantitative estimate of drug-likeness (QED) is 0.716. The Morgan fingerprint density at radius 3 is 2.41 bits per heavy atom. The highest BCUT2D eigenvalue weighted by molar-refractivity contribution is 5.80. The van der Waals surface area contributed by atoms with Crippen LogP contribution in [-0.4, -0.2) is 24.2 Å². The first-order chi connectivity index (χ1) is 7.93. The van der Waals surface area contributed by atoms with Gasteiger partial charge in [-0.3, -0.25) is 5.32 Å². The van der Waals surface area contributed by atoms with E-state index in [1.165, 1.54) is 13.0 Å². The molecule has 4 nitrogen and oxygen atoms in total. The Labute approximate surface area is 97.4 Å². The Kier molecular flexibility index (Phi) is 4.14. The molecule has 0 fully saturated rings. The Morgan fingerprint density at radius 2 is 2.00 bits per heavy atom. The Morgan fingerprint density at radius 1 is 1.47 bits per heavy atom. The predicted octanol–water partition coefficient (Wildman–Crippen LogP) is 0.813. The van der Waals surface area contributed by atoms with Gasteiger partial charge in [0.25, 0.3) is 0 Å². The van der Waals surface area contributed by atoms with Crippen molar-refractivity contribution in [3.63, 3.8) is 0 Å². The normalized spacial score (nSPS) is 14.4. The summed E-state index contributed by atoms with van der Waals surface area (Å²) >= 11 is 0. The average Bonchev–Trinajstić information content (AvgIpc) is 2.25. The molecule has 0 spiro atoms. The number of halogens is 2. The van der Waals surface area contributed by atoms with Crippen LogP contribution in [0.4, 0.5) is 8.78 Å². The molecule has 1 rings (SSSR count). The molecule has 0 aliphatic heterocycles. The van der Waals surface area contributed by atoms with Gasteiger partial charge in [0.15, 0.2) is 0 Å². The van der Waals surface area contributed by atoms with Crippen LogP contribution in [-0.2, 0) is 10.3 Å². The smallest absolute Gasteiger partial charge is 0.328 e. The van der Waals surface area contributed by atoms with Crippen LogP contribution in [0.2, 0.25) is 0 Å². The summed E-state index contributed by atoms with van der Waals surface area (Å²) in [6.45, 7) is 1.50. The fourth-order valence-corrected chi connectivity index (χ4v) is 1.57. The molecule has 4 N–H and O–H groups in total. The van der Waals surface area contributed by atoms with Gasteiger partial charge in [0.1, 0.15) is 17.2 Å². The molecule has 0 saturated heterocycles. The summed E-state index contributed by atoms with van der Waals surface area (Å²) in [6.07, 6.45) is 0. The third kappa shape index (κ3) is 2.59. The number of hydrogen-bond acceptors (Lipinski definition) is 3. The second-order valence-electron chi connectivity index (χ2n) is 3.74. The number of carbonyl (C=O) groups is 1. The van der Waals surface area contributed by atoms with Gasteiger partial charge in [-0.2, -0.15) is 0 Å². The molecule has 1 atom stereocenters. The maximum Gasteiger partial charge on any atom is 0.328 e. The predicted molar refractivity (Wildman–Crippen MR) is 58.4 cm³/mol. The minimum absolute atomic E-state index is 0.135. The summed E-state index contributed by atoms with van der Waals surface area (Å²) < 4.78 is 27.1. The summed E-state index contributed by atoms with van der Waals surface area (Å²) in [4.78, 5) is 11.2. The number of hydrogen-bond donors (Lipinski definition) is 3. The van der Waals surface area contributed by atoms with Gasteiger partial charge in [0, 0.05) is 13.1 Å². The van der Waals surface area contributed by atoms with Crippen LogP contribution in [0.15, 0.2) is 18.2 Å². The number of carboxylic acid groups (broad SMARTS) is 1. The van der Waals surface area contributed by atoms with E-state index in [1.54, 1.807) is 0 Å². The van der Waals surface area contributed by atoms with Gasteiger partial charge < -0.3 is 10.8 Å². The molecule has 0 aliphatic carbocycles. The zero-order valence-electron chi connectivity index (χ0n) is 9.34. The van der Waals surface area contributed by atoms with Gasteiger partial charge in [-0.15, -0.1) is 0 Å². The molecule has 6 heteroatoms. The maximum atomic E-state index is 13.6. The van der Waals surface area contributed by atoms with Crippen LogP contribution in [0.1, 0.15) is 12.5 Å². The number of nitrogens with one attached hydrogen (secondary N) is 1. The monoisotopic (exact) mass is 244 g/mol. The van der Waals surface area contributed by atoms with Crippen molar-refractivity contribution in [3.8, 4) is 0 Å². The molecule has 0 aliphatic rings. The van der Waals surface area contributed by atoms with Crippen LogP contribution in [0.5, 0.6) is 0 Å². The van der Waals surface area contributed by atoms with Gasteiger partial charge in [-0.05, 0) is 19.1 Å². The zero-order chi connectivity index (χ0) is 13.1. The van der Waals surface area contributed by atoms with E-state index in [0.717, 1.165) is 12.1 Å². The van der Waals surface area contributed by atoms with Crippen LogP contribution in [0, 0.1) is 11.6 Å². The molecular formula is C11H14F2N2O2. The first-order valence-electron chi connectivity index (χ1n) is 5.06. The van der Waals surface area contributed by atoms with Crippen LogP contribution in [0.25, 0.3) is 0 Å². The summed E-state index contributed by atoms with van der Waals surface area (Å²) in [7, 11) is 0. The van der Waals surface area contributed by atoms with E-state index in [-0.39, 0.29) is 13.1 Å². The lowest BCUT2D eigenvalue weighted by molar-refractivity contribution is -0.144. The number of rotatable bonds is 5. The number of nitrogens with two attached hydrogens (primary N) is 1. The minimum atomic E-state index is -1.84. The van der Waals surface area contributed by atoms with Crippen LogP contribution in [0.3, 0.4) is 0 Å². The van der Waals surface area contributed by atoms with Gasteiger partial charge in [-0.1, -0.05) is 6.07 Å². The summed E-state index contributed by atoms with van der Waals surface area (Å²) in [6, 6.07) is 3.22. The van der Waals surface area contributed by atoms with Gasteiger partial charge in [-0.25, -0.2) is 13.6 Å². The second kappa shape index (κ2) is 5.20. The molecule has 0 radical (unpaired) electrons. The van der Waals surface area contributed by atoms with Gasteiger partial charge in [0.2, 0.25) is 0 Å². The summed E-state index contributed by atoms with van der Waals surface area (Å²) in [5.41, 5.74) is 2.90. The molecule has 0 bridgehead atoms. The molecule has 0 aromatic heterocycles. The first-order valence-corrected chi connectivity index (χ1v) is 5.06. The molecule has 0 saturated carbocycles. The lowest BCUT2D eigenvalue weighted by Crippen LogP contribution is -2.49. The molecule has 1 aromatic carbocycles. The summed E-state index contributed by atoms with van der Waals surface area (Å²) in [5.74, 6) is -3.17. The summed E-state index contributed by atoms with van der Waals surface area (Å²) in [5, 5.41) is 11.7. The van der Waals surface area contributed by atoms with E-state index in [0.29, 0.717) is 0 Å². The first kappa shape index (κ1) is 13.5. The lowest BCUT2D eigenvalue weighted by atomic mass is 9.91. The molecule has 0 amide bonds. The molecule has 1 aromatic rings. The fourth-order valence-electron chi connectivity index (χ4n) is 1.57. The van der Waals surface area contributed by atoms with Crippen molar-refractivity contribution in [3.05, 3.63) is 35.4 Å². The second-order valence-corrected chi connectivity index (χ2v) is 3.74. The standard InChI is InChI=1S/C11H14F2N2O2/c1-11(10(16)17,15-6-5-14)9-7(12)3-2-4-8(9)13/h2-4,15H,5-6,14H2,1H3,(H,16,17). The van der Waals surface area contributed by atoms with Crippen LogP contribution < -0.4 is 11.1 Å². The number of carboxylic acids is 1. The van der Waals surface area contributed by atoms with E-state index in [2.05, 4.69) is 5.32 Å². The number of benzene rings is 1. The van der Waals surface area contributed by atoms with Crippen LogP contribution >= 0.6 is 0 Å². The van der Waals surface area contributed by atoms with Gasteiger partial charge in [0.05, 0.1) is 5.56 Å². The molecule has 17 heavy (non-hydrogen) atoms. The van der Waals surface area contributed by atoms with Gasteiger partial charge >= 0.3 is 5.97 Å². The fraction of sp³-hybridized carbons (Fsp3) is 0.364. The van der Waals surface area contributed by atoms with Crippen molar-refractivity contribution in [1.82, 2.24) is 5.32 Å². The minimum Gasteiger partial charge on any atom is -0.480 e. The van der Waals surface area contributed by atoms with Crippen molar-refractivity contribution < 1.29 is 18.7 Å². The van der Waals surface area contributed by atoms with Crippen molar-refractivity contribution >= 4 is 5.97 Å². The zero-order valence-corrected chi connectivity index (χ0v) is 9.34. The van der Waals surface area contributed by atoms with Crippen molar-refractivity contribution in [1.29, 1.82) is 0 Å². The van der Waals surface area contributed by atoms with E-state index < -0.39 is 28.7 Å². The average molecular weight is 244 g/mol. The maximum absolute atomic E-state index is 13.6. The van der Waals surface area contributed by atoms with Crippen molar-refractivity contribution in [2.24, 2.45) is 5.73 Å². The molecule has 94 valence electrons.